The van der Waals surface area contributed by atoms with Gasteiger partial charge in [0.25, 0.3) is 0 Å². The van der Waals surface area contributed by atoms with Gasteiger partial charge in [-0.15, -0.1) is 0 Å². The molecular formula is C19H23N3. The number of hydrogen-bond acceptors (Lipinski definition) is 3. The van der Waals surface area contributed by atoms with E-state index in [1.54, 1.807) is 0 Å². The number of hydrogen-bond donors (Lipinski definition) is 2. The highest BCUT2D eigenvalue weighted by Gasteiger charge is 2.25. The second-order valence-corrected chi connectivity index (χ2v) is 6.39. The van der Waals surface area contributed by atoms with Gasteiger partial charge in [0.2, 0.25) is 0 Å². The smallest absolute Gasteiger partial charge is 0.0618 e. The Balaban J connectivity index is 1.77. The largest absolute Gasteiger partial charge is 0.313 e. The SMILES string of the molecule is NN1CCNCC1c1cccc2c1Cc1ccccc1CC2. The molecule has 2 aromatic rings. The van der Waals surface area contributed by atoms with Crippen LogP contribution in [-0.4, -0.2) is 24.6 Å². The Labute approximate surface area is 132 Å². The lowest BCUT2D eigenvalue weighted by Crippen LogP contribution is -2.49. The maximum atomic E-state index is 6.27. The average Bonchev–Trinajstić information content (AvgIpc) is 2.74. The third kappa shape index (κ3) is 2.45. The van der Waals surface area contributed by atoms with Crippen molar-refractivity contribution >= 4 is 0 Å². The van der Waals surface area contributed by atoms with Gasteiger partial charge in [0.15, 0.2) is 0 Å². The first-order chi connectivity index (χ1) is 10.8. The lowest BCUT2D eigenvalue weighted by Gasteiger charge is -2.34. The van der Waals surface area contributed by atoms with E-state index in [4.69, 9.17) is 5.84 Å². The fourth-order valence-corrected chi connectivity index (χ4v) is 3.86. The van der Waals surface area contributed by atoms with E-state index < -0.39 is 0 Å². The highest BCUT2D eigenvalue weighted by molar-refractivity contribution is 5.45. The second kappa shape index (κ2) is 5.84. The highest BCUT2D eigenvalue weighted by atomic mass is 15.4. The standard InChI is InChI=1S/C19H23N3/c20-22-11-10-21-13-19(22)17-7-3-6-15-9-8-14-4-1-2-5-16(14)12-18(15)17/h1-7,19,21H,8-13,20H2. The fourth-order valence-electron chi connectivity index (χ4n) is 3.86. The van der Waals surface area contributed by atoms with Crippen molar-refractivity contribution in [2.24, 2.45) is 5.84 Å². The molecule has 1 saturated heterocycles. The van der Waals surface area contributed by atoms with E-state index in [1.165, 1.54) is 27.8 Å². The molecule has 1 unspecified atom stereocenters. The van der Waals surface area contributed by atoms with Crippen molar-refractivity contribution in [3.05, 3.63) is 70.3 Å². The molecular weight excluding hydrogens is 270 g/mol. The van der Waals surface area contributed by atoms with Gasteiger partial charge in [-0.2, -0.15) is 0 Å². The summed E-state index contributed by atoms with van der Waals surface area (Å²) < 4.78 is 0. The maximum Gasteiger partial charge on any atom is 0.0618 e. The lowest BCUT2D eigenvalue weighted by molar-refractivity contribution is 0.164. The summed E-state index contributed by atoms with van der Waals surface area (Å²) in [4.78, 5) is 0. The van der Waals surface area contributed by atoms with Crippen LogP contribution in [0.15, 0.2) is 42.5 Å². The minimum atomic E-state index is 0.286. The quantitative estimate of drug-likeness (QED) is 0.792. The van der Waals surface area contributed by atoms with E-state index in [2.05, 4.69) is 47.8 Å². The molecule has 0 spiro atoms. The fraction of sp³-hybridized carbons (Fsp3) is 0.368. The molecule has 1 heterocycles. The Morgan fingerprint density at radius 2 is 1.73 bits per heavy atom. The van der Waals surface area contributed by atoms with Gasteiger partial charge in [0.1, 0.15) is 0 Å². The summed E-state index contributed by atoms with van der Waals surface area (Å²) in [5, 5.41) is 5.49. The summed E-state index contributed by atoms with van der Waals surface area (Å²) in [6, 6.07) is 15.9. The predicted octanol–water partition coefficient (Wildman–Crippen LogP) is 2.20. The zero-order valence-electron chi connectivity index (χ0n) is 12.9. The minimum Gasteiger partial charge on any atom is -0.313 e. The van der Waals surface area contributed by atoms with Crippen LogP contribution in [0, 0.1) is 0 Å². The molecule has 0 aromatic heterocycles. The molecule has 2 aromatic carbocycles. The van der Waals surface area contributed by atoms with Crippen molar-refractivity contribution in [3.63, 3.8) is 0 Å². The van der Waals surface area contributed by atoms with Gasteiger partial charge in [-0.1, -0.05) is 42.5 Å². The zero-order valence-corrected chi connectivity index (χ0v) is 12.9. The summed E-state index contributed by atoms with van der Waals surface area (Å²) in [5.41, 5.74) is 7.37. The molecule has 3 nitrogen and oxygen atoms in total. The van der Waals surface area contributed by atoms with Gasteiger partial charge in [0, 0.05) is 19.6 Å². The molecule has 0 saturated carbocycles. The minimum absolute atomic E-state index is 0.286. The van der Waals surface area contributed by atoms with Gasteiger partial charge in [-0.05, 0) is 47.1 Å². The number of rotatable bonds is 1. The number of piperazine rings is 1. The summed E-state index contributed by atoms with van der Waals surface area (Å²) in [6.07, 6.45) is 3.30. The second-order valence-electron chi connectivity index (χ2n) is 6.39. The van der Waals surface area contributed by atoms with Crippen molar-refractivity contribution < 1.29 is 0 Å². The van der Waals surface area contributed by atoms with Crippen molar-refractivity contribution in [3.8, 4) is 0 Å². The third-order valence-electron chi connectivity index (χ3n) is 5.10. The molecule has 0 bridgehead atoms. The molecule has 0 radical (unpaired) electrons. The Kier molecular flexibility index (Phi) is 3.70. The van der Waals surface area contributed by atoms with Crippen LogP contribution in [0.3, 0.4) is 0 Å². The van der Waals surface area contributed by atoms with Gasteiger partial charge in [-0.3, -0.25) is 5.84 Å². The number of hydrazine groups is 1. The van der Waals surface area contributed by atoms with Crippen LogP contribution in [0.25, 0.3) is 0 Å². The number of fused-ring (bicyclic) bond motifs is 2. The van der Waals surface area contributed by atoms with Crippen molar-refractivity contribution in [2.75, 3.05) is 19.6 Å². The normalized spacial score (nSPS) is 21.8. The van der Waals surface area contributed by atoms with Gasteiger partial charge in [-0.25, -0.2) is 5.01 Å². The average molecular weight is 293 g/mol. The molecule has 22 heavy (non-hydrogen) atoms. The molecule has 3 N–H and O–H groups in total. The van der Waals surface area contributed by atoms with E-state index >= 15 is 0 Å². The number of nitrogens with zero attached hydrogens (tertiary/aromatic N) is 1. The molecule has 1 atom stereocenters. The molecule has 4 rings (SSSR count). The van der Waals surface area contributed by atoms with E-state index in [-0.39, 0.29) is 6.04 Å². The van der Waals surface area contributed by atoms with Crippen molar-refractivity contribution in [1.82, 2.24) is 10.3 Å². The first-order valence-electron chi connectivity index (χ1n) is 8.22. The van der Waals surface area contributed by atoms with Crippen molar-refractivity contribution in [2.45, 2.75) is 25.3 Å². The summed E-state index contributed by atoms with van der Waals surface area (Å²) in [7, 11) is 0. The number of benzene rings is 2. The Morgan fingerprint density at radius 3 is 2.59 bits per heavy atom. The Morgan fingerprint density at radius 1 is 0.955 bits per heavy atom. The van der Waals surface area contributed by atoms with Crippen LogP contribution in [0.1, 0.15) is 33.9 Å². The third-order valence-corrected chi connectivity index (χ3v) is 5.10. The first kappa shape index (κ1) is 13.9. The van der Waals surface area contributed by atoms with Crippen LogP contribution in [0.2, 0.25) is 0 Å². The lowest BCUT2D eigenvalue weighted by atomic mass is 9.90. The number of nitrogens with one attached hydrogen (secondary N) is 1. The van der Waals surface area contributed by atoms with E-state index in [0.29, 0.717) is 0 Å². The first-order valence-corrected chi connectivity index (χ1v) is 8.22. The Bertz CT molecular complexity index is 680. The van der Waals surface area contributed by atoms with E-state index in [1.807, 2.05) is 5.01 Å². The summed E-state index contributed by atoms with van der Waals surface area (Å²) >= 11 is 0. The molecule has 1 aliphatic carbocycles. The van der Waals surface area contributed by atoms with Gasteiger partial charge >= 0.3 is 0 Å². The molecule has 1 aliphatic heterocycles. The number of nitrogens with two attached hydrogens (primary N) is 1. The van der Waals surface area contributed by atoms with Crippen LogP contribution < -0.4 is 11.2 Å². The van der Waals surface area contributed by atoms with E-state index in [9.17, 15) is 0 Å². The van der Waals surface area contributed by atoms with Crippen molar-refractivity contribution in [1.29, 1.82) is 0 Å². The molecule has 2 aliphatic rings. The molecule has 0 amide bonds. The van der Waals surface area contributed by atoms with E-state index in [0.717, 1.165) is 38.9 Å². The number of aryl methyl sites for hydroxylation is 2. The zero-order chi connectivity index (χ0) is 14.9. The maximum absolute atomic E-state index is 6.27. The summed E-state index contributed by atoms with van der Waals surface area (Å²) in [6.45, 7) is 2.82. The molecule has 3 heteroatoms. The van der Waals surface area contributed by atoms with Crippen LogP contribution in [0.5, 0.6) is 0 Å². The van der Waals surface area contributed by atoms with Crippen LogP contribution >= 0.6 is 0 Å². The van der Waals surface area contributed by atoms with Crippen LogP contribution in [0.4, 0.5) is 0 Å². The van der Waals surface area contributed by atoms with Gasteiger partial charge < -0.3 is 5.32 Å². The monoisotopic (exact) mass is 293 g/mol. The molecule has 1 fully saturated rings. The van der Waals surface area contributed by atoms with Crippen LogP contribution in [-0.2, 0) is 19.3 Å². The Hall–Kier alpha value is -1.68. The predicted molar refractivity (Wildman–Crippen MR) is 89.6 cm³/mol. The molecule has 114 valence electrons. The van der Waals surface area contributed by atoms with Gasteiger partial charge in [0.05, 0.1) is 6.04 Å². The highest BCUT2D eigenvalue weighted by Crippen LogP contribution is 2.31. The summed E-state index contributed by atoms with van der Waals surface area (Å²) in [5.74, 6) is 6.27. The topological polar surface area (TPSA) is 41.3 Å².